The summed E-state index contributed by atoms with van der Waals surface area (Å²) < 4.78 is 0. The highest BCUT2D eigenvalue weighted by Gasteiger charge is 2.04. The van der Waals surface area contributed by atoms with Crippen molar-refractivity contribution in [3.8, 4) is 0 Å². The van der Waals surface area contributed by atoms with Gasteiger partial charge in [0, 0.05) is 23.4 Å². The summed E-state index contributed by atoms with van der Waals surface area (Å²) in [6.45, 7) is 3.27. The van der Waals surface area contributed by atoms with Gasteiger partial charge in [0.25, 0.3) is 0 Å². The summed E-state index contributed by atoms with van der Waals surface area (Å²) in [4.78, 5) is 22.9. The molecule has 0 fully saturated rings. The van der Waals surface area contributed by atoms with Crippen LogP contribution in [-0.2, 0) is 15.3 Å². The fourth-order valence-electron chi connectivity index (χ4n) is 2.11. The van der Waals surface area contributed by atoms with E-state index in [1.54, 1.807) is 12.1 Å². The quantitative estimate of drug-likeness (QED) is 0.553. The summed E-state index contributed by atoms with van der Waals surface area (Å²) in [5, 5.41) is 7.53. The lowest BCUT2D eigenvalue weighted by Gasteiger charge is -2.06. The van der Waals surface area contributed by atoms with E-state index in [2.05, 4.69) is 15.8 Å². The molecule has 0 heterocycles. The second-order valence-corrected chi connectivity index (χ2v) is 6.97. The van der Waals surface area contributed by atoms with Gasteiger partial charge in [-0.05, 0) is 36.2 Å². The number of anilines is 1. The fourth-order valence-corrected chi connectivity index (χ4v) is 3.22. The number of halogens is 1. The first-order valence-electron chi connectivity index (χ1n) is 7.98. The molecule has 0 saturated carbocycles. The maximum atomic E-state index is 11.9. The Labute approximate surface area is 162 Å². The summed E-state index contributed by atoms with van der Waals surface area (Å²) in [6, 6.07) is 14.8. The molecule has 0 unspecified atom stereocenters. The zero-order valence-corrected chi connectivity index (χ0v) is 16.2. The van der Waals surface area contributed by atoms with Gasteiger partial charge < -0.3 is 5.32 Å². The standard InChI is InChI=1S/C19H20ClN3O2S/c1-13(15-7-9-17(10-8-15)21-14(2)24)22-23-19(25)12-26-11-16-5-3-4-6-18(16)20/h3-10H,11-12H2,1-2H3,(H,21,24)(H,23,25)/b22-13-. The van der Waals surface area contributed by atoms with Crippen LogP contribution in [0.15, 0.2) is 53.6 Å². The Morgan fingerprint density at radius 1 is 1.08 bits per heavy atom. The van der Waals surface area contributed by atoms with Crippen LogP contribution in [-0.4, -0.2) is 23.3 Å². The van der Waals surface area contributed by atoms with E-state index in [-0.39, 0.29) is 11.8 Å². The van der Waals surface area contributed by atoms with E-state index in [9.17, 15) is 9.59 Å². The maximum Gasteiger partial charge on any atom is 0.250 e. The lowest BCUT2D eigenvalue weighted by molar-refractivity contribution is -0.118. The molecule has 0 radical (unpaired) electrons. The van der Waals surface area contributed by atoms with Crippen LogP contribution >= 0.6 is 23.4 Å². The third-order valence-electron chi connectivity index (χ3n) is 3.42. The largest absolute Gasteiger partial charge is 0.326 e. The molecule has 2 aromatic rings. The van der Waals surface area contributed by atoms with Crippen LogP contribution in [0, 0.1) is 0 Å². The van der Waals surface area contributed by atoms with Gasteiger partial charge in [-0.15, -0.1) is 11.8 Å². The molecule has 0 bridgehead atoms. The average molecular weight is 390 g/mol. The molecule has 0 aliphatic carbocycles. The van der Waals surface area contributed by atoms with Crippen molar-refractivity contribution in [1.82, 2.24) is 5.43 Å². The molecule has 2 N–H and O–H groups in total. The number of benzene rings is 2. The molecule has 26 heavy (non-hydrogen) atoms. The van der Waals surface area contributed by atoms with Crippen LogP contribution < -0.4 is 10.7 Å². The lowest BCUT2D eigenvalue weighted by Crippen LogP contribution is -2.21. The van der Waals surface area contributed by atoms with Gasteiger partial charge in [-0.25, -0.2) is 5.43 Å². The molecular weight excluding hydrogens is 370 g/mol. The second kappa shape index (κ2) is 9.99. The van der Waals surface area contributed by atoms with E-state index in [0.29, 0.717) is 27.9 Å². The van der Waals surface area contributed by atoms with Crippen LogP contribution in [0.3, 0.4) is 0 Å². The number of hydrogen-bond acceptors (Lipinski definition) is 4. The Morgan fingerprint density at radius 2 is 1.77 bits per heavy atom. The highest BCUT2D eigenvalue weighted by atomic mass is 35.5. The molecule has 0 saturated heterocycles. The number of carbonyl (C=O) groups is 2. The van der Waals surface area contributed by atoms with Gasteiger partial charge in [0.05, 0.1) is 11.5 Å². The second-order valence-electron chi connectivity index (χ2n) is 5.57. The lowest BCUT2D eigenvalue weighted by atomic mass is 10.1. The first-order valence-corrected chi connectivity index (χ1v) is 9.51. The van der Waals surface area contributed by atoms with Gasteiger partial charge in [-0.1, -0.05) is 41.9 Å². The molecule has 136 valence electrons. The summed E-state index contributed by atoms with van der Waals surface area (Å²) >= 11 is 7.57. The van der Waals surface area contributed by atoms with Crippen molar-refractivity contribution in [2.45, 2.75) is 19.6 Å². The minimum Gasteiger partial charge on any atom is -0.326 e. The molecular formula is C19H20ClN3O2S. The van der Waals surface area contributed by atoms with Crippen molar-refractivity contribution in [3.05, 3.63) is 64.7 Å². The number of hydrogen-bond donors (Lipinski definition) is 2. The van der Waals surface area contributed by atoms with E-state index in [4.69, 9.17) is 11.6 Å². The highest BCUT2D eigenvalue weighted by Crippen LogP contribution is 2.20. The molecule has 0 aliphatic rings. The van der Waals surface area contributed by atoms with Crippen LogP contribution in [0.1, 0.15) is 25.0 Å². The Morgan fingerprint density at radius 3 is 2.42 bits per heavy atom. The predicted molar refractivity (Wildman–Crippen MR) is 109 cm³/mol. The van der Waals surface area contributed by atoms with E-state index in [1.165, 1.54) is 18.7 Å². The molecule has 2 aromatic carbocycles. The van der Waals surface area contributed by atoms with Gasteiger partial charge >= 0.3 is 0 Å². The number of carbonyl (C=O) groups excluding carboxylic acids is 2. The van der Waals surface area contributed by atoms with Crippen molar-refractivity contribution in [2.24, 2.45) is 5.10 Å². The molecule has 5 nitrogen and oxygen atoms in total. The Bertz CT molecular complexity index is 807. The number of nitrogens with zero attached hydrogens (tertiary/aromatic N) is 1. The molecule has 0 spiro atoms. The number of rotatable bonds is 7. The Kier molecular flexibility index (Phi) is 7.69. The van der Waals surface area contributed by atoms with Gasteiger partial charge in [0.2, 0.25) is 11.8 Å². The van der Waals surface area contributed by atoms with Crippen LogP contribution in [0.25, 0.3) is 0 Å². The van der Waals surface area contributed by atoms with E-state index in [1.807, 2.05) is 43.3 Å². The van der Waals surface area contributed by atoms with Gasteiger partial charge in [0.15, 0.2) is 0 Å². The topological polar surface area (TPSA) is 70.6 Å². The summed E-state index contributed by atoms with van der Waals surface area (Å²) in [7, 11) is 0. The van der Waals surface area contributed by atoms with Crippen molar-refractivity contribution in [3.63, 3.8) is 0 Å². The van der Waals surface area contributed by atoms with Gasteiger partial charge in [-0.2, -0.15) is 5.10 Å². The molecule has 0 atom stereocenters. The van der Waals surface area contributed by atoms with Crippen molar-refractivity contribution >= 4 is 46.6 Å². The van der Waals surface area contributed by atoms with Crippen molar-refractivity contribution in [1.29, 1.82) is 0 Å². The van der Waals surface area contributed by atoms with Crippen LogP contribution in [0.4, 0.5) is 5.69 Å². The van der Waals surface area contributed by atoms with Crippen molar-refractivity contribution < 1.29 is 9.59 Å². The summed E-state index contributed by atoms with van der Waals surface area (Å²) in [6.07, 6.45) is 0. The summed E-state index contributed by atoms with van der Waals surface area (Å²) in [5.41, 5.74) is 5.82. The SMILES string of the molecule is CC(=O)Nc1ccc(/C(C)=N\NC(=O)CSCc2ccccc2Cl)cc1. The summed E-state index contributed by atoms with van der Waals surface area (Å²) in [5.74, 6) is 0.671. The third kappa shape index (κ3) is 6.54. The van der Waals surface area contributed by atoms with Gasteiger partial charge in [0.1, 0.15) is 0 Å². The predicted octanol–water partition coefficient (Wildman–Crippen LogP) is 4.07. The smallest absolute Gasteiger partial charge is 0.250 e. The zero-order valence-electron chi connectivity index (χ0n) is 14.6. The maximum absolute atomic E-state index is 11.9. The fraction of sp³-hybridized carbons (Fsp3) is 0.211. The average Bonchev–Trinajstić information content (AvgIpc) is 2.61. The van der Waals surface area contributed by atoms with E-state index < -0.39 is 0 Å². The van der Waals surface area contributed by atoms with E-state index >= 15 is 0 Å². The minimum absolute atomic E-state index is 0.121. The van der Waals surface area contributed by atoms with E-state index in [0.717, 1.165) is 11.1 Å². The monoisotopic (exact) mass is 389 g/mol. The zero-order chi connectivity index (χ0) is 18.9. The number of nitrogens with one attached hydrogen (secondary N) is 2. The Balaban J connectivity index is 1.81. The number of amides is 2. The number of hydrazone groups is 1. The Hall–Kier alpha value is -2.31. The first kappa shape index (κ1) is 20.0. The minimum atomic E-state index is -0.170. The van der Waals surface area contributed by atoms with Crippen LogP contribution in [0.2, 0.25) is 5.02 Å². The number of thioether (sulfide) groups is 1. The van der Waals surface area contributed by atoms with Crippen molar-refractivity contribution in [2.75, 3.05) is 11.1 Å². The van der Waals surface area contributed by atoms with Crippen LogP contribution in [0.5, 0.6) is 0 Å². The normalized spacial score (nSPS) is 11.1. The molecule has 0 aliphatic heterocycles. The molecule has 2 amide bonds. The van der Waals surface area contributed by atoms with Gasteiger partial charge in [-0.3, -0.25) is 9.59 Å². The third-order valence-corrected chi connectivity index (χ3v) is 4.77. The molecule has 2 rings (SSSR count). The molecule has 0 aromatic heterocycles. The molecule has 7 heteroatoms. The first-order chi connectivity index (χ1) is 12.5. The highest BCUT2D eigenvalue weighted by molar-refractivity contribution is 7.99.